The fourth-order valence-corrected chi connectivity index (χ4v) is 4.42. The molecule has 0 radical (unpaired) electrons. The fourth-order valence-electron chi connectivity index (χ4n) is 3.57. The molecular formula is C20H15ClN2O2S. The number of phenols is 1. The van der Waals surface area contributed by atoms with Gasteiger partial charge >= 0.3 is 0 Å². The Morgan fingerprint density at radius 3 is 2.88 bits per heavy atom. The fraction of sp³-hybridized carbons (Fsp3) is 0.150. The van der Waals surface area contributed by atoms with Crippen LogP contribution in [-0.2, 0) is 0 Å². The van der Waals surface area contributed by atoms with Crippen LogP contribution in [0.3, 0.4) is 0 Å². The van der Waals surface area contributed by atoms with Gasteiger partial charge in [-0.3, -0.25) is 0 Å². The van der Waals surface area contributed by atoms with Crippen LogP contribution in [0, 0.1) is 0 Å². The van der Waals surface area contributed by atoms with E-state index in [1.54, 1.807) is 17.4 Å². The van der Waals surface area contributed by atoms with E-state index >= 15 is 0 Å². The SMILES string of the molecule is Oc1ccccc1C1=NN2[C@@H](C1)c1cc(Cl)ccc1O[C@H]2c1ccsc1. The third-order valence-corrected chi connectivity index (χ3v) is 5.73. The average molecular weight is 383 g/mol. The van der Waals surface area contributed by atoms with Crippen LogP contribution >= 0.6 is 22.9 Å². The minimum Gasteiger partial charge on any atom is -0.507 e. The van der Waals surface area contributed by atoms with Gasteiger partial charge in [-0.25, -0.2) is 5.01 Å². The van der Waals surface area contributed by atoms with Crippen molar-refractivity contribution in [3.05, 3.63) is 81.0 Å². The third kappa shape index (κ3) is 2.47. The molecule has 0 spiro atoms. The summed E-state index contributed by atoms with van der Waals surface area (Å²) in [6, 6.07) is 15.1. The van der Waals surface area contributed by atoms with Crippen molar-refractivity contribution < 1.29 is 9.84 Å². The van der Waals surface area contributed by atoms with Crippen molar-refractivity contribution in [3.8, 4) is 11.5 Å². The van der Waals surface area contributed by atoms with Gasteiger partial charge in [-0.1, -0.05) is 23.7 Å². The molecule has 0 unspecified atom stereocenters. The van der Waals surface area contributed by atoms with Gasteiger partial charge in [0.25, 0.3) is 0 Å². The van der Waals surface area contributed by atoms with E-state index in [9.17, 15) is 5.11 Å². The van der Waals surface area contributed by atoms with Crippen LogP contribution in [0.5, 0.6) is 11.5 Å². The Hall–Kier alpha value is -2.50. The second kappa shape index (κ2) is 6.04. The molecule has 3 aromatic rings. The molecule has 2 atom stereocenters. The van der Waals surface area contributed by atoms with Crippen LogP contribution in [0.25, 0.3) is 0 Å². The number of benzene rings is 2. The smallest absolute Gasteiger partial charge is 0.214 e. The van der Waals surface area contributed by atoms with E-state index in [0.717, 1.165) is 28.2 Å². The van der Waals surface area contributed by atoms with Gasteiger partial charge in [-0.05, 0) is 47.2 Å². The van der Waals surface area contributed by atoms with Crippen molar-refractivity contribution in [3.63, 3.8) is 0 Å². The lowest BCUT2D eigenvalue weighted by molar-refractivity contribution is -0.0187. The molecule has 1 aromatic heterocycles. The summed E-state index contributed by atoms with van der Waals surface area (Å²) in [5.41, 5.74) is 3.71. The predicted octanol–water partition coefficient (Wildman–Crippen LogP) is 5.35. The largest absolute Gasteiger partial charge is 0.507 e. The van der Waals surface area contributed by atoms with E-state index in [2.05, 4.69) is 11.4 Å². The van der Waals surface area contributed by atoms with Gasteiger partial charge in [-0.15, -0.1) is 0 Å². The number of hydrazone groups is 1. The highest BCUT2D eigenvalue weighted by Gasteiger charge is 2.41. The summed E-state index contributed by atoms with van der Waals surface area (Å²) in [7, 11) is 0. The van der Waals surface area contributed by atoms with Gasteiger partial charge < -0.3 is 9.84 Å². The van der Waals surface area contributed by atoms with Crippen LogP contribution < -0.4 is 4.74 Å². The number of thiophene rings is 1. The molecule has 6 heteroatoms. The summed E-state index contributed by atoms with van der Waals surface area (Å²) in [6.07, 6.45) is 0.401. The van der Waals surface area contributed by atoms with E-state index in [1.165, 1.54) is 0 Å². The maximum Gasteiger partial charge on any atom is 0.214 e. The van der Waals surface area contributed by atoms with E-state index in [1.807, 2.05) is 46.8 Å². The van der Waals surface area contributed by atoms with Gasteiger partial charge in [0.15, 0.2) is 0 Å². The lowest BCUT2D eigenvalue weighted by Crippen LogP contribution is -2.33. The summed E-state index contributed by atoms with van der Waals surface area (Å²) in [6.45, 7) is 0. The van der Waals surface area contributed by atoms with Crippen molar-refractivity contribution in [1.82, 2.24) is 5.01 Å². The lowest BCUT2D eigenvalue weighted by Gasteiger charge is -2.37. The second-order valence-electron chi connectivity index (χ2n) is 6.37. The molecule has 5 rings (SSSR count). The highest BCUT2D eigenvalue weighted by molar-refractivity contribution is 7.07. The standard InChI is InChI=1S/C20H15ClN2O2S/c21-13-5-6-19-15(9-13)17-10-16(14-3-1-2-4-18(14)24)22-23(17)20(25-19)12-7-8-26-11-12/h1-9,11,17,20,24H,10H2/t17-,20-/m0/s1. The minimum atomic E-state index is -0.289. The van der Waals surface area contributed by atoms with Gasteiger partial charge in [0, 0.05) is 28.1 Å². The second-order valence-corrected chi connectivity index (χ2v) is 7.59. The summed E-state index contributed by atoms with van der Waals surface area (Å²) in [5, 5.41) is 21.9. The Morgan fingerprint density at radius 2 is 2.08 bits per heavy atom. The Labute approximate surface area is 159 Å². The number of hydrogen-bond acceptors (Lipinski definition) is 5. The molecule has 0 saturated carbocycles. The van der Waals surface area contributed by atoms with Crippen LogP contribution in [0.1, 0.15) is 35.4 Å². The highest BCUT2D eigenvalue weighted by atomic mass is 35.5. The molecule has 0 amide bonds. The van der Waals surface area contributed by atoms with Crippen LogP contribution in [-0.4, -0.2) is 15.8 Å². The monoisotopic (exact) mass is 382 g/mol. The number of hydrogen-bond donors (Lipinski definition) is 1. The molecule has 0 saturated heterocycles. The average Bonchev–Trinajstić information content (AvgIpc) is 3.32. The third-order valence-electron chi connectivity index (χ3n) is 4.80. The first-order valence-corrected chi connectivity index (χ1v) is 9.65. The molecule has 3 heterocycles. The molecule has 2 aliphatic rings. The molecule has 0 fully saturated rings. The number of para-hydroxylation sites is 1. The molecule has 4 nitrogen and oxygen atoms in total. The van der Waals surface area contributed by atoms with Gasteiger partial charge in [0.05, 0.1) is 11.8 Å². The zero-order chi connectivity index (χ0) is 17.7. The quantitative estimate of drug-likeness (QED) is 0.649. The van der Waals surface area contributed by atoms with Crippen LogP contribution in [0.15, 0.2) is 64.4 Å². The first-order valence-electron chi connectivity index (χ1n) is 8.33. The van der Waals surface area contributed by atoms with E-state index in [-0.39, 0.29) is 18.0 Å². The van der Waals surface area contributed by atoms with Crippen molar-refractivity contribution in [2.75, 3.05) is 0 Å². The zero-order valence-electron chi connectivity index (χ0n) is 13.7. The van der Waals surface area contributed by atoms with Crippen molar-refractivity contribution in [1.29, 1.82) is 0 Å². The Kier molecular flexibility index (Phi) is 3.65. The molecule has 0 aliphatic carbocycles. The number of nitrogens with zero attached hydrogens (tertiary/aromatic N) is 2. The topological polar surface area (TPSA) is 45.1 Å². The summed E-state index contributed by atoms with van der Waals surface area (Å²) in [5.74, 6) is 1.07. The number of phenolic OH excluding ortho intramolecular Hbond substituents is 1. The highest BCUT2D eigenvalue weighted by Crippen LogP contribution is 2.48. The first-order chi connectivity index (χ1) is 12.7. The molecule has 26 heavy (non-hydrogen) atoms. The lowest BCUT2D eigenvalue weighted by atomic mass is 9.96. The van der Waals surface area contributed by atoms with Crippen molar-refractivity contribution in [2.45, 2.75) is 18.7 Å². The Balaban J connectivity index is 1.62. The molecule has 1 N–H and O–H groups in total. The van der Waals surface area contributed by atoms with Crippen molar-refractivity contribution in [2.24, 2.45) is 5.10 Å². The van der Waals surface area contributed by atoms with Crippen molar-refractivity contribution >= 4 is 28.6 Å². The Bertz CT molecular complexity index is 1000. The Morgan fingerprint density at radius 1 is 1.19 bits per heavy atom. The summed E-state index contributed by atoms with van der Waals surface area (Å²) in [4.78, 5) is 0. The molecular weight excluding hydrogens is 368 g/mol. The molecule has 0 bridgehead atoms. The summed E-state index contributed by atoms with van der Waals surface area (Å²) < 4.78 is 6.26. The molecule has 2 aliphatic heterocycles. The minimum absolute atomic E-state index is 0.0250. The number of halogens is 1. The first kappa shape index (κ1) is 15.7. The number of aromatic hydroxyl groups is 1. The van der Waals surface area contributed by atoms with E-state index in [4.69, 9.17) is 21.4 Å². The maximum absolute atomic E-state index is 10.2. The predicted molar refractivity (Wildman–Crippen MR) is 103 cm³/mol. The van der Waals surface area contributed by atoms with Gasteiger partial charge in [-0.2, -0.15) is 16.4 Å². The van der Waals surface area contributed by atoms with E-state index < -0.39 is 0 Å². The number of ether oxygens (including phenoxy) is 1. The number of fused-ring (bicyclic) bond motifs is 3. The normalized spacial score (nSPS) is 21.0. The zero-order valence-corrected chi connectivity index (χ0v) is 15.2. The maximum atomic E-state index is 10.2. The number of rotatable bonds is 2. The van der Waals surface area contributed by atoms with E-state index in [0.29, 0.717) is 11.4 Å². The molecule has 2 aromatic carbocycles. The van der Waals surface area contributed by atoms with Gasteiger partial charge in [0.2, 0.25) is 6.23 Å². The van der Waals surface area contributed by atoms with Crippen LogP contribution in [0.2, 0.25) is 5.02 Å². The molecule has 130 valence electrons. The van der Waals surface area contributed by atoms with Crippen LogP contribution in [0.4, 0.5) is 0 Å². The summed E-state index contributed by atoms with van der Waals surface area (Å²) >= 11 is 7.87. The van der Waals surface area contributed by atoms with Gasteiger partial charge in [0.1, 0.15) is 11.5 Å².